The van der Waals surface area contributed by atoms with E-state index in [0.29, 0.717) is 11.4 Å². The van der Waals surface area contributed by atoms with Crippen LogP contribution >= 0.6 is 0 Å². The molecule has 1 saturated heterocycles. The highest BCUT2D eigenvalue weighted by molar-refractivity contribution is 6.22. The van der Waals surface area contributed by atoms with Gasteiger partial charge < -0.3 is 4.74 Å². The summed E-state index contributed by atoms with van der Waals surface area (Å²) in [7, 11) is 1.52. The molecule has 33 heavy (non-hydrogen) atoms. The van der Waals surface area contributed by atoms with Crippen molar-refractivity contribution < 1.29 is 14.3 Å². The molecule has 9 heteroatoms. The van der Waals surface area contributed by atoms with Crippen LogP contribution in [0.1, 0.15) is 18.0 Å². The smallest absolute Gasteiger partial charge is 0.347 e. The Labute approximate surface area is 188 Å². The first kappa shape index (κ1) is 20.7. The summed E-state index contributed by atoms with van der Waals surface area (Å²) < 4.78 is 7.57. The Hall–Kier alpha value is -4.14. The van der Waals surface area contributed by atoms with Gasteiger partial charge in [-0.1, -0.05) is 48.6 Å². The highest BCUT2D eigenvalue weighted by Crippen LogP contribution is 2.40. The van der Waals surface area contributed by atoms with E-state index in [9.17, 15) is 19.2 Å². The molecule has 0 spiro atoms. The maximum atomic E-state index is 13.2. The number of methoxy groups -OCH3 is 1. The second-order valence-electron chi connectivity index (χ2n) is 8.17. The van der Waals surface area contributed by atoms with Crippen molar-refractivity contribution in [3.63, 3.8) is 0 Å². The van der Waals surface area contributed by atoms with Crippen molar-refractivity contribution >= 4 is 17.5 Å². The van der Waals surface area contributed by atoms with Crippen LogP contribution in [0.4, 0.5) is 5.69 Å². The molecule has 3 atom stereocenters. The van der Waals surface area contributed by atoms with Crippen molar-refractivity contribution in [1.29, 1.82) is 0 Å². The lowest BCUT2D eigenvalue weighted by Crippen LogP contribution is -2.33. The number of benzene rings is 2. The van der Waals surface area contributed by atoms with Gasteiger partial charge >= 0.3 is 11.4 Å². The maximum Gasteiger partial charge on any atom is 0.347 e. The van der Waals surface area contributed by atoms with Crippen molar-refractivity contribution in [2.24, 2.45) is 11.8 Å². The number of aromatic nitrogens is 3. The number of imide groups is 1. The topological polar surface area (TPSA) is 106 Å². The number of amides is 2. The molecule has 168 valence electrons. The van der Waals surface area contributed by atoms with Crippen LogP contribution in [0, 0.1) is 11.8 Å². The predicted molar refractivity (Wildman–Crippen MR) is 120 cm³/mol. The number of aromatic amines is 1. The SMILES string of the molecule is COc1cccc(N2C(=O)[C@H]3C[C@H](n4[nH]c(=O)n(Cc5ccccc5)c4=O)C=C[C@H]3C2=O)c1. The molecule has 0 saturated carbocycles. The van der Waals surface area contributed by atoms with Gasteiger partial charge in [0.1, 0.15) is 5.75 Å². The number of nitrogens with one attached hydrogen (secondary N) is 1. The zero-order valence-corrected chi connectivity index (χ0v) is 17.9. The molecule has 2 aromatic carbocycles. The first-order chi connectivity index (χ1) is 16.0. The van der Waals surface area contributed by atoms with Gasteiger partial charge in [0.05, 0.1) is 37.2 Å². The van der Waals surface area contributed by atoms with Crippen LogP contribution in [0.3, 0.4) is 0 Å². The van der Waals surface area contributed by atoms with E-state index in [-0.39, 0.29) is 24.8 Å². The standard InChI is InChI=1S/C24H22N4O5/c1-33-18-9-5-8-16(12-18)27-21(29)19-11-10-17(13-20(19)22(27)30)28-24(32)26(23(31)25-28)14-15-6-3-2-4-7-15/h2-12,17,19-20H,13-14H2,1H3,(H,25,31)/t17-,19-,20+/m1/s1. The van der Waals surface area contributed by atoms with Gasteiger partial charge in [0.15, 0.2) is 0 Å². The lowest BCUT2D eigenvalue weighted by atomic mass is 9.84. The van der Waals surface area contributed by atoms with Gasteiger partial charge in [-0.3, -0.25) is 9.59 Å². The average molecular weight is 446 g/mol. The normalized spacial score (nSPS) is 22.0. The maximum absolute atomic E-state index is 13.2. The summed E-state index contributed by atoms with van der Waals surface area (Å²) in [6, 6.07) is 15.5. The monoisotopic (exact) mass is 446 g/mol. The quantitative estimate of drug-likeness (QED) is 0.474. The number of fused-ring (bicyclic) bond motifs is 1. The molecule has 2 aliphatic rings. The van der Waals surface area contributed by atoms with Crippen molar-refractivity contribution in [2.45, 2.75) is 19.0 Å². The van der Waals surface area contributed by atoms with E-state index < -0.39 is 29.3 Å². The summed E-state index contributed by atoms with van der Waals surface area (Å²) >= 11 is 0. The minimum absolute atomic E-state index is 0.144. The first-order valence-electron chi connectivity index (χ1n) is 10.6. The summed E-state index contributed by atoms with van der Waals surface area (Å²) in [5.74, 6) is -1.32. The molecule has 1 aromatic heterocycles. The minimum Gasteiger partial charge on any atom is -0.497 e. The van der Waals surface area contributed by atoms with Crippen LogP contribution in [0.5, 0.6) is 5.75 Å². The summed E-state index contributed by atoms with van der Waals surface area (Å²) in [4.78, 5) is 52.8. The highest BCUT2D eigenvalue weighted by Gasteiger charge is 2.49. The predicted octanol–water partition coefficient (Wildman–Crippen LogP) is 1.70. The van der Waals surface area contributed by atoms with E-state index in [2.05, 4.69) is 5.10 Å². The van der Waals surface area contributed by atoms with Crippen LogP contribution in [0.25, 0.3) is 0 Å². The van der Waals surface area contributed by atoms with Crippen molar-refractivity contribution in [3.05, 3.63) is 93.3 Å². The lowest BCUT2D eigenvalue weighted by Gasteiger charge is -2.23. The molecule has 9 nitrogen and oxygen atoms in total. The van der Waals surface area contributed by atoms with Crippen LogP contribution in [-0.2, 0) is 16.1 Å². The molecular formula is C24H22N4O5. The Morgan fingerprint density at radius 2 is 1.76 bits per heavy atom. The van der Waals surface area contributed by atoms with Gasteiger partial charge in [-0.2, -0.15) is 0 Å². The number of carbonyl (C=O) groups is 2. The average Bonchev–Trinajstić information content (AvgIpc) is 3.26. The number of nitrogens with zero attached hydrogens (tertiary/aromatic N) is 3. The number of rotatable bonds is 5. The molecule has 1 aliphatic heterocycles. The summed E-state index contributed by atoms with van der Waals surface area (Å²) in [5.41, 5.74) is 0.264. The van der Waals surface area contributed by atoms with Gasteiger partial charge in [-0.15, -0.1) is 0 Å². The molecule has 1 N–H and O–H groups in total. The number of hydrogen-bond acceptors (Lipinski definition) is 5. The second kappa shape index (κ2) is 8.09. The number of H-pyrrole nitrogens is 1. The first-order valence-corrected chi connectivity index (χ1v) is 10.6. The van der Waals surface area contributed by atoms with Crippen molar-refractivity contribution in [3.8, 4) is 5.75 Å². The summed E-state index contributed by atoms with van der Waals surface area (Å²) in [6.45, 7) is 0.144. The molecule has 1 fully saturated rings. The highest BCUT2D eigenvalue weighted by atomic mass is 16.5. The molecular weight excluding hydrogens is 424 g/mol. The van der Waals surface area contributed by atoms with E-state index in [4.69, 9.17) is 4.74 Å². The van der Waals surface area contributed by atoms with E-state index in [1.165, 1.54) is 16.7 Å². The fourth-order valence-corrected chi connectivity index (χ4v) is 4.55. The van der Waals surface area contributed by atoms with E-state index in [1.54, 1.807) is 36.4 Å². The van der Waals surface area contributed by atoms with Gasteiger partial charge in [-0.05, 0) is 24.1 Å². The molecule has 0 radical (unpaired) electrons. The fourth-order valence-electron chi connectivity index (χ4n) is 4.55. The zero-order valence-electron chi connectivity index (χ0n) is 17.9. The van der Waals surface area contributed by atoms with Crippen LogP contribution in [0.2, 0.25) is 0 Å². The molecule has 0 bridgehead atoms. The Balaban J connectivity index is 1.42. The van der Waals surface area contributed by atoms with Crippen LogP contribution in [-0.4, -0.2) is 33.3 Å². The van der Waals surface area contributed by atoms with Crippen LogP contribution in [0.15, 0.2) is 76.3 Å². The fraction of sp³-hybridized carbons (Fsp3) is 0.250. The number of allylic oxidation sites excluding steroid dienone is 1. The molecule has 5 rings (SSSR count). The Bertz CT molecular complexity index is 1370. The third-order valence-corrected chi connectivity index (χ3v) is 6.24. The van der Waals surface area contributed by atoms with Gasteiger partial charge in [0.2, 0.25) is 11.8 Å². The molecule has 3 aromatic rings. The number of hydrogen-bond donors (Lipinski definition) is 1. The van der Waals surface area contributed by atoms with Crippen molar-refractivity contribution in [1.82, 2.24) is 14.3 Å². The van der Waals surface area contributed by atoms with Gasteiger partial charge in [0.25, 0.3) is 0 Å². The number of carbonyl (C=O) groups excluding carboxylic acids is 2. The van der Waals surface area contributed by atoms with Crippen molar-refractivity contribution in [2.75, 3.05) is 12.0 Å². The van der Waals surface area contributed by atoms with Gasteiger partial charge in [-0.25, -0.2) is 28.8 Å². The molecule has 2 heterocycles. The largest absolute Gasteiger partial charge is 0.497 e. The second-order valence-corrected chi connectivity index (χ2v) is 8.17. The number of ether oxygens (including phenoxy) is 1. The van der Waals surface area contributed by atoms with Gasteiger partial charge in [0, 0.05) is 6.07 Å². The lowest BCUT2D eigenvalue weighted by molar-refractivity contribution is -0.122. The molecule has 1 aliphatic carbocycles. The minimum atomic E-state index is -0.619. The molecule has 2 amide bonds. The zero-order chi connectivity index (χ0) is 23.1. The third kappa shape index (κ3) is 3.51. The summed E-state index contributed by atoms with van der Waals surface area (Å²) in [6.07, 6.45) is 3.61. The van der Waals surface area contributed by atoms with Crippen LogP contribution < -0.4 is 21.0 Å². The third-order valence-electron chi connectivity index (χ3n) is 6.24. The van der Waals surface area contributed by atoms with E-state index in [1.807, 2.05) is 30.3 Å². The Kier molecular flexibility index (Phi) is 5.08. The van der Waals surface area contributed by atoms with E-state index >= 15 is 0 Å². The number of anilines is 1. The summed E-state index contributed by atoms with van der Waals surface area (Å²) in [5, 5.41) is 2.60. The van der Waals surface area contributed by atoms with E-state index in [0.717, 1.165) is 10.1 Å². The Morgan fingerprint density at radius 1 is 0.970 bits per heavy atom. The Morgan fingerprint density at radius 3 is 2.52 bits per heavy atom. The molecule has 0 unspecified atom stereocenters.